The van der Waals surface area contributed by atoms with E-state index in [-0.39, 0.29) is 5.91 Å². The molecule has 1 aliphatic rings. The minimum Gasteiger partial charge on any atom is -0.347 e. The molecule has 0 saturated carbocycles. The van der Waals surface area contributed by atoms with Crippen LogP contribution in [0.25, 0.3) is 10.9 Å². The first-order valence-electron chi connectivity index (χ1n) is 7.54. The molecule has 0 atom stereocenters. The van der Waals surface area contributed by atoms with E-state index in [0.29, 0.717) is 6.54 Å². The van der Waals surface area contributed by atoms with Gasteiger partial charge < -0.3 is 5.32 Å². The van der Waals surface area contributed by atoms with Crippen LogP contribution in [0.1, 0.15) is 32.9 Å². The molecular weight excluding hydrogens is 292 g/mol. The molecule has 4 heteroatoms. The van der Waals surface area contributed by atoms with Gasteiger partial charge in [0.25, 0.3) is 5.91 Å². The molecule has 1 aliphatic carbocycles. The molecule has 22 heavy (non-hydrogen) atoms. The SMILES string of the molecule is O=C(NCc1cccs1)c1c2c(nc3ccccc13)CCC2. The molecule has 3 nitrogen and oxygen atoms in total. The number of pyridine rings is 1. The zero-order valence-electron chi connectivity index (χ0n) is 12.1. The Balaban J connectivity index is 1.75. The van der Waals surface area contributed by atoms with Crippen molar-refractivity contribution in [2.24, 2.45) is 0 Å². The Morgan fingerprint density at radius 2 is 2.09 bits per heavy atom. The van der Waals surface area contributed by atoms with Crippen LogP contribution in [0.5, 0.6) is 0 Å². The summed E-state index contributed by atoms with van der Waals surface area (Å²) in [6, 6.07) is 12.0. The predicted octanol–water partition coefficient (Wildman–Crippen LogP) is 3.72. The van der Waals surface area contributed by atoms with Crippen molar-refractivity contribution in [3.05, 3.63) is 63.5 Å². The van der Waals surface area contributed by atoms with Crippen LogP contribution in [0.3, 0.4) is 0 Å². The van der Waals surface area contributed by atoms with Crippen LogP contribution in [0.15, 0.2) is 41.8 Å². The van der Waals surface area contributed by atoms with Crippen LogP contribution >= 0.6 is 11.3 Å². The molecule has 1 N–H and O–H groups in total. The highest BCUT2D eigenvalue weighted by molar-refractivity contribution is 7.09. The van der Waals surface area contributed by atoms with Crippen LogP contribution in [0.2, 0.25) is 0 Å². The third-order valence-corrected chi connectivity index (χ3v) is 5.03. The lowest BCUT2D eigenvalue weighted by Crippen LogP contribution is -2.24. The van der Waals surface area contributed by atoms with Gasteiger partial charge in [-0.15, -0.1) is 11.3 Å². The molecule has 110 valence electrons. The van der Waals surface area contributed by atoms with Gasteiger partial charge in [-0.1, -0.05) is 24.3 Å². The van der Waals surface area contributed by atoms with Gasteiger partial charge in [0.2, 0.25) is 0 Å². The number of para-hydroxylation sites is 1. The highest BCUT2D eigenvalue weighted by Crippen LogP contribution is 2.29. The highest BCUT2D eigenvalue weighted by atomic mass is 32.1. The molecule has 0 aliphatic heterocycles. The number of aromatic nitrogens is 1. The van der Waals surface area contributed by atoms with Crippen molar-refractivity contribution in [2.45, 2.75) is 25.8 Å². The summed E-state index contributed by atoms with van der Waals surface area (Å²) in [5, 5.41) is 6.06. The third-order valence-electron chi connectivity index (χ3n) is 4.15. The standard InChI is InChI=1S/C18H16N2OS/c21-18(19-11-12-5-4-10-22-12)17-13-6-1-2-8-15(13)20-16-9-3-7-14(16)17/h1-2,4-6,8,10H,3,7,9,11H2,(H,19,21). The van der Waals surface area contributed by atoms with Gasteiger partial charge in [0.1, 0.15) is 0 Å². The Bertz CT molecular complexity index is 840. The topological polar surface area (TPSA) is 42.0 Å². The van der Waals surface area contributed by atoms with Gasteiger partial charge in [-0.05, 0) is 42.3 Å². The van der Waals surface area contributed by atoms with E-state index in [1.807, 2.05) is 41.8 Å². The van der Waals surface area contributed by atoms with Crippen molar-refractivity contribution < 1.29 is 4.79 Å². The van der Waals surface area contributed by atoms with Gasteiger partial charge in [0.05, 0.1) is 17.6 Å². The molecule has 0 fully saturated rings. The summed E-state index contributed by atoms with van der Waals surface area (Å²) < 4.78 is 0. The minimum atomic E-state index is 0.0187. The van der Waals surface area contributed by atoms with E-state index in [2.05, 4.69) is 5.32 Å². The molecule has 1 amide bonds. The second kappa shape index (κ2) is 5.54. The lowest BCUT2D eigenvalue weighted by molar-refractivity contribution is 0.0952. The second-order valence-corrected chi connectivity index (χ2v) is 6.58. The van der Waals surface area contributed by atoms with Gasteiger partial charge in [-0.25, -0.2) is 0 Å². The fraction of sp³-hybridized carbons (Fsp3) is 0.222. The summed E-state index contributed by atoms with van der Waals surface area (Å²) in [6.45, 7) is 0.585. The molecule has 2 heterocycles. The van der Waals surface area contributed by atoms with E-state index in [4.69, 9.17) is 4.98 Å². The van der Waals surface area contributed by atoms with Gasteiger partial charge in [-0.2, -0.15) is 0 Å². The summed E-state index contributed by atoms with van der Waals surface area (Å²) in [4.78, 5) is 18.7. The number of hydrogen-bond donors (Lipinski definition) is 1. The van der Waals surface area contributed by atoms with Crippen molar-refractivity contribution in [1.82, 2.24) is 10.3 Å². The monoisotopic (exact) mass is 308 g/mol. The Morgan fingerprint density at radius 3 is 2.95 bits per heavy atom. The van der Waals surface area contributed by atoms with Crippen molar-refractivity contribution >= 4 is 28.1 Å². The summed E-state index contributed by atoms with van der Waals surface area (Å²) in [7, 11) is 0. The molecule has 1 aromatic carbocycles. The highest BCUT2D eigenvalue weighted by Gasteiger charge is 2.23. The summed E-state index contributed by atoms with van der Waals surface area (Å²) >= 11 is 1.66. The average molecular weight is 308 g/mol. The Labute approximate surface area is 133 Å². The number of benzene rings is 1. The molecule has 2 aromatic heterocycles. The molecule has 3 aromatic rings. The van der Waals surface area contributed by atoms with E-state index < -0.39 is 0 Å². The first kappa shape index (κ1) is 13.5. The zero-order chi connectivity index (χ0) is 14.9. The Hall–Kier alpha value is -2.20. The number of fused-ring (bicyclic) bond motifs is 2. The van der Waals surface area contributed by atoms with Gasteiger partial charge in [0, 0.05) is 16.0 Å². The third kappa shape index (κ3) is 2.29. The molecule has 0 radical (unpaired) electrons. The quantitative estimate of drug-likeness (QED) is 0.801. The number of thiophene rings is 1. The number of hydrogen-bond acceptors (Lipinski definition) is 3. The van der Waals surface area contributed by atoms with Gasteiger partial charge in [-0.3, -0.25) is 9.78 Å². The van der Waals surface area contributed by atoms with E-state index >= 15 is 0 Å². The molecular formula is C18H16N2OS. The van der Waals surface area contributed by atoms with E-state index in [9.17, 15) is 4.79 Å². The maximum Gasteiger partial charge on any atom is 0.252 e. The first-order chi connectivity index (χ1) is 10.8. The van der Waals surface area contributed by atoms with Crippen molar-refractivity contribution in [3.8, 4) is 0 Å². The smallest absolute Gasteiger partial charge is 0.252 e. The fourth-order valence-electron chi connectivity index (χ4n) is 3.14. The largest absolute Gasteiger partial charge is 0.347 e. The van der Waals surface area contributed by atoms with E-state index in [1.165, 1.54) is 4.88 Å². The van der Waals surface area contributed by atoms with Gasteiger partial charge >= 0.3 is 0 Å². The normalized spacial score (nSPS) is 13.3. The van der Waals surface area contributed by atoms with E-state index in [1.54, 1.807) is 11.3 Å². The maximum absolute atomic E-state index is 12.8. The minimum absolute atomic E-state index is 0.0187. The summed E-state index contributed by atoms with van der Waals surface area (Å²) in [6.07, 6.45) is 3.02. The maximum atomic E-state index is 12.8. The van der Waals surface area contributed by atoms with Crippen LogP contribution in [-0.2, 0) is 19.4 Å². The van der Waals surface area contributed by atoms with Gasteiger partial charge in [0.15, 0.2) is 0 Å². The second-order valence-electron chi connectivity index (χ2n) is 5.54. The predicted molar refractivity (Wildman–Crippen MR) is 89.3 cm³/mol. The van der Waals surface area contributed by atoms with Crippen LogP contribution in [-0.4, -0.2) is 10.9 Å². The first-order valence-corrected chi connectivity index (χ1v) is 8.42. The van der Waals surface area contributed by atoms with Crippen LogP contribution in [0.4, 0.5) is 0 Å². The lowest BCUT2D eigenvalue weighted by Gasteiger charge is -2.12. The fourth-order valence-corrected chi connectivity index (χ4v) is 3.78. The van der Waals surface area contributed by atoms with Crippen molar-refractivity contribution in [2.75, 3.05) is 0 Å². The van der Waals surface area contributed by atoms with E-state index in [0.717, 1.165) is 47.0 Å². The molecule has 4 rings (SSSR count). The molecule has 0 unspecified atom stereocenters. The molecule has 0 bridgehead atoms. The number of nitrogens with zero attached hydrogens (tertiary/aromatic N) is 1. The number of carbonyl (C=O) groups is 1. The van der Waals surface area contributed by atoms with Crippen LogP contribution < -0.4 is 5.32 Å². The number of amides is 1. The lowest BCUT2D eigenvalue weighted by atomic mass is 10.0. The van der Waals surface area contributed by atoms with Crippen LogP contribution in [0, 0.1) is 0 Å². The van der Waals surface area contributed by atoms with Crippen molar-refractivity contribution in [3.63, 3.8) is 0 Å². The number of rotatable bonds is 3. The Kier molecular flexibility index (Phi) is 3.39. The average Bonchev–Trinajstić information content (AvgIpc) is 3.21. The number of carbonyl (C=O) groups excluding carboxylic acids is 1. The molecule has 0 spiro atoms. The number of aryl methyl sites for hydroxylation is 1. The van der Waals surface area contributed by atoms with Crippen molar-refractivity contribution in [1.29, 1.82) is 0 Å². The Morgan fingerprint density at radius 1 is 1.18 bits per heavy atom. The molecule has 0 saturated heterocycles. The summed E-state index contributed by atoms with van der Waals surface area (Å²) in [5.74, 6) is 0.0187. The zero-order valence-corrected chi connectivity index (χ0v) is 13.0. The summed E-state index contributed by atoms with van der Waals surface area (Å²) in [5.41, 5.74) is 3.99. The number of nitrogens with one attached hydrogen (secondary N) is 1.